The van der Waals surface area contributed by atoms with Crippen molar-refractivity contribution in [1.29, 1.82) is 0 Å². The van der Waals surface area contributed by atoms with E-state index >= 15 is 0 Å². The van der Waals surface area contributed by atoms with Crippen molar-refractivity contribution in [3.63, 3.8) is 0 Å². The lowest BCUT2D eigenvalue weighted by Gasteiger charge is -2.21. The summed E-state index contributed by atoms with van der Waals surface area (Å²) in [4.78, 5) is 0. The van der Waals surface area contributed by atoms with Gasteiger partial charge in [0.25, 0.3) is 0 Å². The largest absolute Gasteiger partial charge is 0.493 e. The molecule has 1 unspecified atom stereocenters. The Bertz CT molecular complexity index is 609. The van der Waals surface area contributed by atoms with Crippen LogP contribution in [0.3, 0.4) is 0 Å². The van der Waals surface area contributed by atoms with Crippen LogP contribution in [0.2, 0.25) is 5.02 Å². The zero-order valence-corrected chi connectivity index (χ0v) is 13.0. The Morgan fingerprint density at radius 2 is 2.00 bits per heavy atom. The molecule has 1 N–H and O–H groups in total. The fourth-order valence-electron chi connectivity index (χ4n) is 2.91. The van der Waals surface area contributed by atoms with Crippen molar-refractivity contribution >= 4 is 11.6 Å². The van der Waals surface area contributed by atoms with Crippen LogP contribution in [0.4, 0.5) is 0 Å². The molecule has 0 aromatic heterocycles. The third-order valence-corrected chi connectivity index (χ3v) is 4.18. The minimum Gasteiger partial charge on any atom is -0.493 e. The molecular weight excluding hydrogens is 282 g/mol. The van der Waals surface area contributed by atoms with Crippen molar-refractivity contribution < 1.29 is 4.74 Å². The quantitative estimate of drug-likeness (QED) is 0.895. The molecule has 1 aliphatic heterocycles. The summed E-state index contributed by atoms with van der Waals surface area (Å²) in [6, 6.07) is 14.8. The van der Waals surface area contributed by atoms with E-state index in [9.17, 15) is 0 Å². The number of para-hydroxylation sites is 1. The van der Waals surface area contributed by atoms with E-state index in [0.29, 0.717) is 0 Å². The van der Waals surface area contributed by atoms with E-state index in [0.717, 1.165) is 36.8 Å². The van der Waals surface area contributed by atoms with Gasteiger partial charge < -0.3 is 10.1 Å². The molecule has 1 heterocycles. The normalized spacial score (nSPS) is 14.6. The first-order valence-electron chi connectivity index (χ1n) is 7.50. The third kappa shape index (κ3) is 3.22. The SMILES string of the molecule is CCNC(Cc1ccc(Cl)cc1)c1cccc2c1OCC2. The molecule has 0 saturated heterocycles. The van der Waals surface area contributed by atoms with E-state index < -0.39 is 0 Å². The molecule has 2 aromatic rings. The highest BCUT2D eigenvalue weighted by Gasteiger charge is 2.21. The summed E-state index contributed by atoms with van der Waals surface area (Å²) in [6.07, 6.45) is 1.95. The van der Waals surface area contributed by atoms with Crippen LogP contribution in [-0.4, -0.2) is 13.2 Å². The highest BCUT2D eigenvalue weighted by molar-refractivity contribution is 6.30. The fraction of sp³-hybridized carbons (Fsp3) is 0.333. The maximum atomic E-state index is 5.97. The van der Waals surface area contributed by atoms with Gasteiger partial charge >= 0.3 is 0 Å². The van der Waals surface area contributed by atoms with Gasteiger partial charge in [-0.3, -0.25) is 0 Å². The molecule has 1 atom stereocenters. The van der Waals surface area contributed by atoms with Crippen molar-refractivity contribution in [1.82, 2.24) is 5.32 Å². The molecule has 0 fully saturated rings. The smallest absolute Gasteiger partial charge is 0.127 e. The molecule has 0 bridgehead atoms. The summed E-state index contributed by atoms with van der Waals surface area (Å²) in [7, 11) is 0. The third-order valence-electron chi connectivity index (χ3n) is 3.92. The van der Waals surface area contributed by atoms with E-state index in [-0.39, 0.29) is 6.04 Å². The van der Waals surface area contributed by atoms with Crippen molar-refractivity contribution in [3.05, 3.63) is 64.2 Å². The Hall–Kier alpha value is -1.51. The molecule has 3 heteroatoms. The van der Waals surface area contributed by atoms with E-state index in [2.05, 4.69) is 42.6 Å². The molecule has 0 amide bonds. The predicted octanol–water partition coefficient (Wildman–Crippen LogP) is 4.17. The second kappa shape index (κ2) is 6.50. The van der Waals surface area contributed by atoms with Gasteiger partial charge in [-0.25, -0.2) is 0 Å². The van der Waals surface area contributed by atoms with Gasteiger partial charge in [0.15, 0.2) is 0 Å². The van der Waals surface area contributed by atoms with Gasteiger partial charge in [0.2, 0.25) is 0 Å². The van der Waals surface area contributed by atoms with Gasteiger partial charge in [0.1, 0.15) is 5.75 Å². The standard InChI is InChI=1S/C18H20ClNO/c1-2-20-17(12-13-6-8-15(19)9-7-13)16-5-3-4-14-10-11-21-18(14)16/h3-9,17,20H,2,10-12H2,1H3. The monoisotopic (exact) mass is 301 g/mol. The van der Waals surface area contributed by atoms with Gasteiger partial charge in [0.05, 0.1) is 6.61 Å². The van der Waals surface area contributed by atoms with Crippen molar-refractivity contribution in [3.8, 4) is 5.75 Å². The van der Waals surface area contributed by atoms with Gasteiger partial charge in [-0.1, -0.05) is 48.9 Å². The lowest BCUT2D eigenvalue weighted by molar-refractivity contribution is 0.348. The Kier molecular flexibility index (Phi) is 4.47. The van der Waals surface area contributed by atoms with Gasteiger partial charge in [-0.2, -0.15) is 0 Å². The van der Waals surface area contributed by atoms with Crippen LogP contribution in [-0.2, 0) is 12.8 Å². The van der Waals surface area contributed by atoms with Gasteiger partial charge in [-0.15, -0.1) is 0 Å². The average Bonchev–Trinajstić information content (AvgIpc) is 2.97. The molecule has 0 spiro atoms. The number of hydrogen-bond donors (Lipinski definition) is 1. The molecular formula is C18H20ClNO. The molecule has 21 heavy (non-hydrogen) atoms. The van der Waals surface area contributed by atoms with E-state index in [1.807, 2.05) is 12.1 Å². The molecule has 0 radical (unpaired) electrons. The highest BCUT2D eigenvalue weighted by Crippen LogP contribution is 2.34. The summed E-state index contributed by atoms with van der Waals surface area (Å²) in [5.41, 5.74) is 3.87. The lowest BCUT2D eigenvalue weighted by atomic mass is 9.96. The van der Waals surface area contributed by atoms with Crippen molar-refractivity contribution in [2.24, 2.45) is 0 Å². The van der Waals surface area contributed by atoms with Crippen molar-refractivity contribution in [2.75, 3.05) is 13.2 Å². The van der Waals surface area contributed by atoms with Gasteiger partial charge in [0, 0.05) is 23.0 Å². The molecule has 0 saturated carbocycles. The van der Waals surface area contributed by atoms with E-state index in [4.69, 9.17) is 16.3 Å². The predicted molar refractivity (Wildman–Crippen MR) is 87.2 cm³/mol. The summed E-state index contributed by atoms with van der Waals surface area (Å²) in [5.74, 6) is 1.08. The van der Waals surface area contributed by atoms with Crippen LogP contribution in [0.5, 0.6) is 5.75 Å². The van der Waals surface area contributed by atoms with Crippen LogP contribution in [0, 0.1) is 0 Å². The van der Waals surface area contributed by atoms with Crippen LogP contribution in [0.1, 0.15) is 29.7 Å². The van der Waals surface area contributed by atoms with Crippen LogP contribution >= 0.6 is 11.6 Å². The summed E-state index contributed by atoms with van der Waals surface area (Å²) in [6.45, 7) is 3.87. The minimum atomic E-state index is 0.268. The van der Waals surface area contributed by atoms with Crippen LogP contribution < -0.4 is 10.1 Å². The zero-order chi connectivity index (χ0) is 14.7. The fourth-order valence-corrected chi connectivity index (χ4v) is 3.04. The van der Waals surface area contributed by atoms with E-state index in [1.54, 1.807) is 0 Å². The first kappa shape index (κ1) is 14.4. The summed E-state index contributed by atoms with van der Waals surface area (Å²) >= 11 is 5.97. The first-order valence-corrected chi connectivity index (χ1v) is 7.88. The lowest BCUT2D eigenvalue weighted by Crippen LogP contribution is -2.23. The van der Waals surface area contributed by atoms with Crippen LogP contribution in [0.15, 0.2) is 42.5 Å². The summed E-state index contributed by atoms with van der Waals surface area (Å²) < 4.78 is 5.85. The Balaban J connectivity index is 1.88. The molecule has 1 aliphatic rings. The minimum absolute atomic E-state index is 0.268. The number of rotatable bonds is 5. The Labute approximate surface area is 131 Å². The van der Waals surface area contributed by atoms with E-state index in [1.165, 1.54) is 16.7 Å². The van der Waals surface area contributed by atoms with Crippen LogP contribution in [0.25, 0.3) is 0 Å². The molecule has 110 valence electrons. The molecule has 2 aromatic carbocycles. The highest BCUT2D eigenvalue weighted by atomic mass is 35.5. The van der Waals surface area contributed by atoms with Gasteiger partial charge in [-0.05, 0) is 36.2 Å². The Morgan fingerprint density at radius 3 is 2.76 bits per heavy atom. The molecule has 0 aliphatic carbocycles. The maximum Gasteiger partial charge on any atom is 0.127 e. The average molecular weight is 302 g/mol. The number of benzene rings is 2. The maximum absolute atomic E-state index is 5.97. The molecule has 2 nitrogen and oxygen atoms in total. The van der Waals surface area contributed by atoms with Crippen molar-refractivity contribution in [2.45, 2.75) is 25.8 Å². The topological polar surface area (TPSA) is 21.3 Å². The second-order valence-electron chi connectivity index (χ2n) is 5.37. The summed E-state index contributed by atoms with van der Waals surface area (Å²) in [5, 5.41) is 4.36. The number of ether oxygens (including phenoxy) is 1. The number of likely N-dealkylation sites (N-methyl/N-ethyl adjacent to an activating group) is 1. The molecule has 3 rings (SSSR count). The second-order valence-corrected chi connectivity index (χ2v) is 5.81. The number of hydrogen-bond acceptors (Lipinski definition) is 2. The Morgan fingerprint density at radius 1 is 1.19 bits per heavy atom. The first-order chi connectivity index (χ1) is 10.3. The number of halogens is 1. The number of nitrogens with one attached hydrogen (secondary N) is 1. The number of fused-ring (bicyclic) bond motifs is 1. The zero-order valence-electron chi connectivity index (χ0n) is 12.2.